The maximum Gasteiger partial charge on any atom is 0.411 e. The Morgan fingerprint density at radius 3 is 1.26 bits per heavy atom. The van der Waals surface area contributed by atoms with E-state index in [4.69, 9.17) is 19.8 Å². The Bertz CT molecular complexity index is 2720. The van der Waals surface area contributed by atoms with Gasteiger partial charge in [0.2, 0.25) is 20.0 Å². The summed E-state index contributed by atoms with van der Waals surface area (Å²) in [6.45, 7) is 3.68. The number of hydrogen-bond donors (Lipinski definition) is 8. The van der Waals surface area contributed by atoms with Crippen molar-refractivity contribution in [3.63, 3.8) is 0 Å². The van der Waals surface area contributed by atoms with Crippen LogP contribution in [0.15, 0.2) is 127 Å². The van der Waals surface area contributed by atoms with Gasteiger partial charge in [0.05, 0.1) is 34.4 Å². The van der Waals surface area contributed by atoms with Gasteiger partial charge in [-0.1, -0.05) is 36.4 Å². The molecule has 6 aromatic rings. The first-order valence-electron chi connectivity index (χ1n) is 17.3. The molecule has 0 unspecified atom stereocenters. The van der Waals surface area contributed by atoms with Gasteiger partial charge in [0.25, 0.3) is 0 Å². The summed E-state index contributed by atoms with van der Waals surface area (Å²) in [6.07, 6.45) is -1.37. The third kappa shape index (κ3) is 11.7. The standard InChI is InChI=1S/2C19H18N4O6S.Co/c2*1-2-29-19(26)21-13-5-3-4-11-6-8-16(25)18(17(11)13)23-22-14-10-12(30(20,27)28)7-9-15(14)24;/h2*3-10,24-25H,2H2,1H3,(H,21,26)(H2,20,27,28);. The molecule has 0 atom stereocenters. The molecule has 0 fully saturated rings. The molecule has 0 aliphatic heterocycles. The summed E-state index contributed by atoms with van der Waals surface area (Å²) in [5.74, 6) is -1.16. The van der Waals surface area contributed by atoms with Crippen LogP contribution in [0.4, 0.5) is 43.7 Å². The SMILES string of the molecule is CCOC(=O)Nc1cccc2ccc(O)c(N=Nc3cc(S(N)(=O)=O)ccc3O)c12.CCOC(=O)Nc1cccc2ccc(O)c(N=Nc3cc(S(N)(=O)=O)ccc3O)c12.[Co]. The van der Waals surface area contributed by atoms with Gasteiger partial charge in [0.15, 0.2) is 0 Å². The molecule has 20 nitrogen and oxygen atoms in total. The quantitative estimate of drug-likeness (QED) is 0.0611. The topological polar surface area (TPSA) is 327 Å². The van der Waals surface area contributed by atoms with Crippen LogP contribution in [-0.2, 0) is 46.3 Å². The second-order valence-electron chi connectivity index (χ2n) is 12.2. The van der Waals surface area contributed by atoms with E-state index in [0.717, 1.165) is 36.4 Å². The van der Waals surface area contributed by atoms with Gasteiger partial charge in [0.1, 0.15) is 45.7 Å². The van der Waals surface area contributed by atoms with Crippen molar-refractivity contribution in [2.45, 2.75) is 23.6 Å². The van der Waals surface area contributed by atoms with Crippen molar-refractivity contribution in [1.82, 2.24) is 0 Å². The van der Waals surface area contributed by atoms with Crippen molar-refractivity contribution in [3.8, 4) is 23.0 Å². The Hall–Kier alpha value is -6.89. The molecule has 0 bridgehead atoms. The molecule has 0 aromatic heterocycles. The van der Waals surface area contributed by atoms with Crippen LogP contribution in [0.2, 0.25) is 0 Å². The Morgan fingerprint density at radius 1 is 0.557 bits per heavy atom. The van der Waals surface area contributed by atoms with Gasteiger partial charge in [-0.15, -0.1) is 20.5 Å². The van der Waals surface area contributed by atoms with Crippen LogP contribution in [0.1, 0.15) is 13.8 Å². The van der Waals surface area contributed by atoms with Gasteiger partial charge < -0.3 is 29.9 Å². The fraction of sp³-hybridized carbons (Fsp3) is 0.105. The minimum Gasteiger partial charge on any atom is -0.506 e. The number of carbonyl (C=O) groups excluding carboxylic acids is 2. The number of azo groups is 2. The molecule has 0 heterocycles. The number of anilines is 2. The molecule has 0 aliphatic rings. The van der Waals surface area contributed by atoms with Crippen molar-refractivity contribution in [1.29, 1.82) is 0 Å². The molecule has 6 rings (SSSR count). The van der Waals surface area contributed by atoms with E-state index in [1.165, 1.54) is 12.1 Å². The van der Waals surface area contributed by atoms with Gasteiger partial charge in [-0.25, -0.2) is 36.7 Å². The van der Waals surface area contributed by atoms with E-state index >= 15 is 0 Å². The first-order valence-corrected chi connectivity index (χ1v) is 20.4. The Morgan fingerprint density at radius 2 is 0.918 bits per heavy atom. The summed E-state index contributed by atoms with van der Waals surface area (Å²) in [7, 11) is -8.03. The fourth-order valence-electron chi connectivity index (χ4n) is 5.39. The number of rotatable bonds is 10. The summed E-state index contributed by atoms with van der Waals surface area (Å²) >= 11 is 0. The number of nitrogens with one attached hydrogen (secondary N) is 2. The number of nitrogens with zero attached hydrogens (tertiary/aromatic N) is 4. The molecule has 0 aliphatic carbocycles. The van der Waals surface area contributed by atoms with E-state index in [9.17, 15) is 46.9 Å². The van der Waals surface area contributed by atoms with Crippen LogP contribution in [0.5, 0.6) is 23.0 Å². The van der Waals surface area contributed by atoms with E-state index in [2.05, 4.69) is 31.1 Å². The van der Waals surface area contributed by atoms with Crippen LogP contribution < -0.4 is 20.9 Å². The van der Waals surface area contributed by atoms with E-state index in [0.29, 0.717) is 32.9 Å². The molecule has 0 saturated heterocycles. The maximum absolute atomic E-state index is 11.9. The number of phenols is 4. The molecule has 61 heavy (non-hydrogen) atoms. The molecular formula is C38H36CoN8O12S2. The molecule has 23 heteroatoms. The van der Waals surface area contributed by atoms with Crippen molar-refractivity contribution in [2.75, 3.05) is 23.8 Å². The molecule has 2 amide bonds. The third-order valence-corrected chi connectivity index (χ3v) is 9.91. The van der Waals surface area contributed by atoms with Crippen LogP contribution in [0.3, 0.4) is 0 Å². The number of aromatic hydroxyl groups is 4. The van der Waals surface area contributed by atoms with E-state index in [1.54, 1.807) is 62.4 Å². The van der Waals surface area contributed by atoms with Crippen LogP contribution in [-0.4, -0.2) is 62.7 Å². The second kappa shape index (κ2) is 19.9. The Labute approximate surface area is 357 Å². The van der Waals surface area contributed by atoms with E-state index in [1.807, 2.05) is 0 Å². The number of carbonyl (C=O) groups is 2. The molecule has 0 spiro atoms. The zero-order valence-electron chi connectivity index (χ0n) is 31.8. The zero-order chi connectivity index (χ0) is 43.8. The first-order chi connectivity index (χ1) is 28.4. The number of nitrogens with two attached hydrogens (primary N) is 2. The Kier molecular flexibility index (Phi) is 15.3. The molecule has 10 N–H and O–H groups in total. The largest absolute Gasteiger partial charge is 0.506 e. The maximum atomic E-state index is 11.9. The number of hydrogen-bond acceptors (Lipinski definition) is 16. The number of phenolic OH excluding ortho intramolecular Hbond substituents is 4. The number of amides is 2. The number of fused-ring (bicyclic) bond motifs is 2. The summed E-state index contributed by atoms with van der Waals surface area (Å²) in [5, 5.41) is 73.7. The van der Waals surface area contributed by atoms with Gasteiger partial charge in [0, 0.05) is 27.6 Å². The second-order valence-corrected chi connectivity index (χ2v) is 15.3. The van der Waals surface area contributed by atoms with Crippen molar-refractivity contribution >= 4 is 87.9 Å². The van der Waals surface area contributed by atoms with Crippen LogP contribution >= 0.6 is 0 Å². The molecule has 321 valence electrons. The summed E-state index contributed by atoms with van der Waals surface area (Å²) in [5.41, 5.74) is 0.291. The smallest absolute Gasteiger partial charge is 0.411 e. The zero-order valence-corrected chi connectivity index (χ0v) is 34.5. The molecular weight excluding hydrogens is 884 g/mol. The van der Waals surface area contributed by atoms with Crippen molar-refractivity contribution < 1.29 is 73.1 Å². The van der Waals surface area contributed by atoms with Gasteiger partial charge in [-0.3, -0.25) is 10.6 Å². The monoisotopic (exact) mass is 919 g/mol. The minimum atomic E-state index is -4.02. The van der Waals surface area contributed by atoms with Gasteiger partial charge in [-0.05, 0) is 85.3 Å². The van der Waals surface area contributed by atoms with E-state index < -0.39 is 32.2 Å². The van der Waals surface area contributed by atoms with Gasteiger partial charge in [-0.2, -0.15) is 0 Å². The fourth-order valence-corrected chi connectivity index (χ4v) is 6.46. The number of benzene rings is 6. The number of primary sulfonamides is 2. The molecule has 1 radical (unpaired) electrons. The number of ether oxygens (including phenoxy) is 2. The summed E-state index contributed by atoms with van der Waals surface area (Å²) < 4.78 is 55.9. The average molecular weight is 920 g/mol. The van der Waals surface area contributed by atoms with Crippen LogP contribution in [0, 0.1) is 0 Å². The number of sulfonamides is 2. The average Bonchev–Trinajstić information content (AvgIpc) is 3.18. The Balaban J connectivity index is 0.000000264. The minimum absolute atomic E-state index is 0. The van der Waals surface area contributed by atoms with Gasteiger partial charge >= 0.3 is 12.2 Å². The predicted octanol–water partition coefficient (Wildman–Crippen LogP) is 7.76. The normalized spacial score (nSPS) is 11.5. The summed E-state index contributed by atoms with van der Waals surface area (Å²) in [4.78, 5) is 23.2. The summed E-state index contributed by atoms with van der Waals surface area (Å²) in [6, 6.07) is 22.7. The van der Waals surface area contributed by atoms with Crippen molar-refractivity contribution in [3.05, 3.63) is 97.1 Å². The third-order valence-electron chi connectivity index (χ3n) is 8.08. The predicted molar refractivity (Wildman–Crippen MR) is 220 cm³/mol. The van der Waals surface area contributed by atoms with E-state index in [-0.39, 0.29) is 85.5 Å². The van der Waals surface area contributed by atoms with Crippen molar-refractivity contribution in [2.24, 2.45) is 30.7 Å². The first kappa shape index (κ1) is 46.8. The molecule has 6 aromatic carbocycles. The molecule has 0 saturated carbocycles. The van der Waals surface area contributed by atoms with Crippen LogP contribution in [0.25, 0.3) is 21.5 Å².